The van der Waals surface area contributed by atoms with Gasteiger partial charge < -0.3 is 5.73 Å². The van der Waals surface area contributed by atoms with Gasteiger partial charge in [-0.1, -0.05) is 0 Å². The van der Waals surface area contributed by atoms with E-state index in [1.165, 1.54) is 13.0 Å². The van der Waals surface area contributed by atoms with Gasteiger partial charge in [-0.25, -0.2) is 8.78 Å². The molecule has 0 bridgehead atoms. The number of hydrogen-bond donors (Lipinski definition) is 1. The lowest BCUT2D eigenvalue weighted by atomic mass is 10.0. The second-order valence-electron chi connectivity index (χ2n) is 3.90. The summed E-state index contributed by atoms with van der Waals surface area (Å²) in [7, 11) is 0. The van der Waals surface area contributed by atoms with E-state index >= 15 is 0 Å². The Labute approximate surface area is 86.1 Å². The van der Waals surface area contributed by atoms with Crippen molar-refractivity contribution in [2.24, 2.45) is 5.73 Å². The van der Waals surface area contributed by atoms with Gasteiger partial charge in [0, 0.05) is 11.1 Å². The Morgan fingerprint density at radius 3 is 2.47 bits per heavy atom. The van der Waals surface area contributed by atoms with Crippen molar-refractivity contribution >= 4 is 5.91 Å². The van der Waals surface area contributed by atoms with E-state index in [0.29, 0.717) is 0 Å². The maximum atomic E-state index is 13.5. The zero-order valence-electron chi connectivity index (χ0n) is 8.31. The molecule has 1 aliphatic carbocycles. The molecule has 15 heavy (non-hydrogen) atoms. The molecule has 4 heteroatoms. The number of carbonyl (C=O) groups excluding carboxylic acids is 1. The molecule has 1 fully saturated rings. The minimum Gasteiger partial charge on any atom is -0.366 e. The topological polar surface area (TPSA) is 43.1 Å². The average molecular weight is 211 g/mol. The molecular weight excluding hydrogens is 200 g/mol. The van der Waals surface area contributed by atoms with E-state index in [1.54, 1.807) is 0 Å². The molecule has 0 radical (unpaired) electrons. The molecule has 2 nitrogen and oxygen atoms in total. The maximum absolute atomic E-state index is 13.5. The lowest BCUT2D eigenvalue weighted by Crippen LogP contribution is -2.15. The number of amides is 1. The van der Waals surface area contributed by atoms with Crippen LogP contribution in [0.25, 0.3) is 0 Å². The van der Waals surface area contributed by atoms with Crippen molar-refractivity contribution in [2.75, 3.05) is 0 Å². The zero-order chi connectivity index (χ0) is 11.2. The van der Waals surface area contributed by atoms with Crippen molar-refractivity contribution in [3.05, 3.63) is 34.4 Å². The van der Waals surface area contributed by atoms with Gasteiger partial charge in [0.2, 0.25) is 5.91 Å². The molecule has 0 atom stereocenters. The minimum atomic E-state index is -0.951. The number of rotatable bonds is 2. The number of nitrogens with two attached hydrogens (primary N) is 1. The molecule has 0 unspecified atom stereocenters. The molecule has 1 aromatic carbocycles. The fourth-order valence-corrected chi connectivity index (χ4v) is 1.68. The molecule has 1 saturated carbocycles. The van der Waals surface area contributed by atoms with E-state index in [9.17, 15) is 13.6 Å². The van der Waals surface area contributed by atoms with Crippen molar-refractivity contribution < 1.29 is 13.6 Å². The van der Waals surface area contributed by atoms with Crippen LogP contribution in [0.1, 0.15) is 40.2 Å². The summed E-state index contributed by atoms with van der Waals surface area (Å²) in [6.45, 7) is 1.36. The smallest absolute Gasteiger partial charge is 0.249 e. The van der Waals surface area contributed by atoms with E-state index in [1.807, 2.05) is 0 Å². The van der Waals surface area contributed by atoms with E-state index in [4.69, 9.17) is 5.73 Å². The summed E-state index contributed by atoms with van der Waals surface area (Å²) >= 11 is 0. The fraction of sp³-hybridized carbons (Fsp3) is 0.364. The van der Waals surface area contributed by atoms with Gasteiger partial charge in [-0.3, -0.25) is 4.79 Å². The molecule has 1 aromatic rings. The first kappa shape index (κ1) is 10.1. The van der Waals surface area contributed by atoms with Crippen LogP contribution in [0.2, 0.25) is 0 Å². The third kappa shape index (κ3) is 1.60. The molecule has 0 aliphatic heterocycles. The molecule has 0 saturated heterocycles. The van der Waals surface area contributed by atoms with Gasteiger partial charge in [-0.05, 0) is 37.3 Å². The first-order valence-electron chi connectivity index (χ1n) is 4.80. The van der Waals surface area contributed by atoms with Crippen LogP contribution in [0, 0.1) is 18.6 Å². The molecule has 1 amide bonds. The summed E-state index contributed by atoms with van der Waals surface area (Å²) in [4.78, 5) is 11.0. The molecule has 1 aliphatic rings. The van der Waals surface area contributed by atoms with Crippen LogP contribution in [0.5, 0.6) is 0 Å². The van der Waals surface area contributed by atoms with Crippen LogP contribution in [0.3, 0.4) is 0 Å². The van der Waals surface area contributed by atoms with E-state index in [2.05, 4.69) is 0 Å². The van der Waals surface area contributed by atoms with Crippen LogP contribution < -0.4 is 5.73 Å². The third-order valence-corrected chi connectivity index (χ3v) is 2.76. The quantitative estimate of drug-likeness (QED) is 0.801. The summed E-state index contributed by atoms with van der Waals surface area (Å²) in [5.41, 5.74) is 5.45. The monoisotopic (exact) mass is 211 g/mol. The third-order valence-electron chi connectivity index (χ3n) is 2.76. The number of halogens is 2. The minimum absolute atomic E-state index is 0.00981. The Kier molecular flexibility index (Phi) is 2.21. The summed E-state index contributed by atoms with van der Waals surface area (Å²) in [5, 5.41) is 0. The van der Waals surface area contributed by atoms with E-state index < -0.39 is 17.5 Å². The first-order chi connectivity index (χ1) is 7.02. The van der Waals surface area contributed by atoms with Gasteiger partial charge in [0.1, 0.15) is 0 Å². The van der Waals surface area contributed by atoms with Crippen molar-refractivity contribution in [2.45, 2.75) is 25.7 Å². The van der Waals surface area contributed by atoms with Crippen molar-refractivity contribution in [3.8, 4) is 0 Å². The number of carbonyl (C=O) groups is 1. The molecular formula is C11H11F2NO. The van der Waals surface area contributed by atoms with Gasteiger partial charge in [-0.15, -0.1) is 0 Å². The highest BCUT2D eigenvalue weighted by molar-refractivity contribution is 5.94. The average Bonchev–Trinajstić information content (AvgIpc) is 2.97. The predicted octanol–water partition coefficient (Wildman–Crippen LogP) is 2.25. The summed E-state index contributed by atoms with van der Waals surface area (Å²) in [5.74, 6) is -2.44. The Hall–Kier alpha value is -1.45. The first-order valence-corrected chi connectivity index (χ1v) is 4.80. The van der Waals surface area contributed by atoms with Gasteiger partial charge in [0.15, 0.2) is 11.6 Å². The van der Waals surface area contributed by atoms with Crippen LogP contribution in [0.15, 0.2) is 6.07 Å². The highest BCUT2D eigenvalue weighted by Crippen LogP contribution is 2.42. The zero-order valence-corrected chi connectivity index (χ0v) is 8.31. The summed E-state index contributed by atoms with van der Waals surface area (Å²) < 4.78 is 26.9. The highest BCUT2D eigenvalue weighted by atomic mass is 19.2. The Bertz CT molecular complexity index is 439. The molecule has 2 rings (SSSR count). The summed E-state index contributed by atoms with van der Waals surface area (Å²) in [6.07, 6.45) is 1.69. The van der Waals surface area contributed by atoms with Gasteiger partial charge in [-0.2, -0.15) is 0 Å². The number of benzene rings is 1. The van der Waals surface area contributed by atoms with Crippen LogP contribution in [-0.2, 0) is 0 Å². The van der Waals surface area contributed by atoms with E-state index in [-0.39, 0.29) is 22.6 Å². The van der Waals surface area contributed by atoms with Crippen molar-refractivity contribution in [1.82, 2.24) is 0 Å². The molecule has 2 N–H and O–H groups in total. The second kappa shape index (κ2) is 3.29. The lowest BCUT2D eigenvalue weighted by Gasteiger charge is -2.08. The van der Waals surface area contributed by atoms with Crippen LogP contribution in [0.4, 0.5) is 8.78 Å². The standard InChI is InChI=1S/C11H11F2NO/c1-5-7(11(14)15)4-8(6-2-3-6)10(13)9(5)12/h4,6H,2-3H2,1H3,(H2,14,15). The molecule has 0 heterocycles. The molecule has 80 valence electrons. The number of hydrogen-bond acceptors (Lipinski definition) is 1. The van der Waals surface area contributed by atoms with E-state index in [0.717, 1.165) is 12.8 Å². The Morgan fingerprint density at radius 1 is 1.40 bits per heavy atom. The van der Waals surface area contributed by atoms with Crippen molar-refractivity contribution in [1.29, 1.82) is 0 Å². The fourth-order valence-electron chi connectivity index (χ4n) is 1.68. The molecule has 0 spiro atoms. The van der Waals surface area contributed by atoms with Gasteiger partial charge in [0.25, 0.3) is 0 Å². The lowest BCUT2D eigenvalue weighted by molar-refractivity contribution is 0.0999. The predicted molar refractivity (Wildman–Crippen MR) is 51.6 cm³/mol. The van der Waals surface area contributed by atoms with Gasteiger partial charge >= 0.3 is 0 Å². The largest absolute Gasteiger partial charge is 0.366 e. The Balaban J connectivity index is 2.62. The number of primary amides is 1. The van der Waals surface area contributed by atoms with Crippen molar-refractivity contribution in [3.63, 3.8) is 0 Å². The van der Waals surface area contributed by atoms with Gasteiger partial charge in [0.05, 0.1) is 0 Å². The van der Waals surface area contributed by atoms with Crippen LogP contribution in [-0.4, -0.2) is 5.91 Å². The Morgan fingerprint density at radius 2 is 2.00 bits per heavy atom. The second-order valence-corrected chi connectivity index (χ2v) is 3.90. The summed E-state index contributed by atoms with van der Waals surface area (Å²) in [6, 6.07) is 1.38. The highest BCUT2D eigenvalue weighted by Gasteiger charge is 2.30. The molecule has 0 aromatic heterocycles. The normalized spacial score (nSPS) is 15.4. The maximum Gasteiger partial charge on any atom is 0.249 e. The van der Waals surface area contributed by atoms with Crippen LogP contribution >= 0.6 is 0 Å². The SMILES string of the molecule is Cc1c(C(N)=O)cc(C2CC2)c(F)c1F.